The summed E-state index contributed by atoms with van der Waals surface area (Å²) >= 11 is 0. The fraction of sp³-hybridized carbons (Fsp3) is 0.538. The highest BCUT2D eigenvalue weighted by Crippen LogP contribution is 2.13. The number of nitrogens with one attached hydrogen (secondary N) is 1. The minimum absolute atomic E-state index is 0.0492. The zero-order valence-electron chi connectivity index (χ0n) is 11.8. The van der Waals surface area contributed by atoms with Gasteiger partial charge in [-0.15, -0.1) is 0 Å². The van der Waals surface area contributed by atoms with Gasteiger partial charge in [-0.3, -0.25) is 0 Å². The molecule has 0 amide bonds. The van der Waals surface area contributed by atoms with E-state index in [1.807, 2.05) is 13.8 Å². The molecular weight excluding hydrogens is 266 g/mol. The summed E-state index contributed by atoms with van der Waals surface area (Å²) in [5, 5.41) is 0. The summed E-state index contributed by atoms with van der Waals surface area (Å²) in [5.41, 5.74) is 1.01. The Balaban J connectivity index is 2.78. The molecule has 0 bridgehead atoms. The van der Waals surface area contributed by atoms with Crippen LogP contribution in [-0.4, -0.2) is 34.5 Å². The lowest BCUT2D eigenvalue weighted by molar-refractivity contribution is -0.201. The summed E-state index contributed by atoms with van der Waals surface area (Å²) in [6.07, 6.45) is 0. The van der Waals surface area contributed by atoms with Crippen molar-refractivity contribution in [1.82, 2.24) is 4.72 Å². The Hall–Kier alpha value is -0.950. The van der Waals surface area contributed by atoms with E-state index in [1.165, 1.54) is 7.11 Å². The Labute approximate surface area is 115 Å². The topological polar surface area (TPSA) is 64.6 Å². The first-order valence-corrected chi connectivity index (χ1v) is 7.57. The van der Waals surface area contributed by atoms with E-state index in [0.717, 1.165) is 5.56 Å². The molecule has 1 unspecified atom stereocenters. The van der Waals surface area contributed by atoms with Gasteiger partial charge in [0, 0.05) is 13.7 Å². The lowest BCUT2D eigenvalue weighted by atomic mass is 10.2. The molecule has 1 atom stereocenters. The average molecular weight is 287 g/mol. The van der Waals surface area contributed by atoms with Crippen LogP contribution >= 0.6 is 0 Å². The summed E-state index contributed by atoms with van der Waals surface area (Å²) in [7, 11) is -2.07. The fourth-order valence-corrected chi connectivity index (χ4v) is 2.63. The van der Waals surface area contributed by atoms with Crippen LogP contribution in [0.25, 0.3) is 0 Å². The molecule has 0 aliphatic carbocycles. The van der Waals surface area contributed by atoms with Gasteiger partial charge >= 0.3 is 0 Å². The van der Waals surface area contributed by atoms with E-state index in [0.29, 0.717) is 6.61 Å². The van der Waals surface area contributed by atoms with E-state index < -0.39 is 15.8 Å². The zero-order chi connectivity index (χ0) is 14.5. The lowest BCUT2D eigenvalue weighted by Gasteiger charge is -2.27. The Kier molecular flexibility index (Phi) is 5.49. The van der Waals surface area contributed by atoms with Crippen LogP contribution in [0.5, 0.6) is 0 Å². The molecule has 19 heavy (non-hydrogen) atoms. The van der Waals surface area contributed by atoms with Crippen molar-refractivity contribution in [1.29, 1.82) is 0 Å². The van der Waals surface area contributed by atoms with Crippen molar-refractivity contribution in [3.63, 3.8) is 0 Å². The van der Waals surface area contributed by atoms with Crippen LogP contribution in [-0.2, 0) is 19.5 Å². The Bertz CT molecular complexity index is 498. The first kappa shape index (κ1) is 16.1. The maximum atomic E-state index is 12.1. The van der Waals surface area contributed by atoms with Gasteiger partial charge in [-0.25, -0.2) is 13.1 Å². The normalized spacial score (nSPS) is 15.2. The third-order valence-corrected chi connectivity index (χ3v) is 4.21. The molecule has 0 fully saturated rings. The molecule has 0 aromatic heterocycles. The summed E-state index contributed by atoms with van der Waals surface area (Å²) in [4.78, 5) is 0.230. The van der Waals surface area contributed by atoms with Gasteiger partial charge in [0.15, 0.2) is 5.79 Å². The largest absolute Gasteiger partial charge is 0.352 e. The molecule has 0 aliphatic rings. The highest BCUT2D eigenvalue weighted by molar-refractivity contribution is 7.89. The van der Waals surface area contributed by atoms with Crippen molar-refractivity contribution in [2.45, 2.75) is 31.5 Å². The molecule has 0 saturated heterocycles. The number of hydrogen-bond acceptors (Lipinski definition) is 4. The number of ether oxygens (including phenoxy) is 2. The van der Waals surface area contributed by atoms with E-state index in [-0.39, 0.29) is 11.4 Å². The number of aryl methyl sites for hydroxylation is 1. The quantitative estimate of drug-likeness (QED) is 0.775. The lowest BCUT2D eigenvalue weighted by Crippen LogP contribution is -2.44. The number of benzene rings is 1. The van der Waals surface area contributed by atoms with E-state index in [1.54, 1.807) is 31.2 Å². The summed E-state index contributed by atoms with van der Waals surface area (Å²) in [6.45, 7) is 5.91. The van der Waals surface area contributed by atoms with Gasteiger partial charge in [-0.2, -0.15) is 0 Å². The second kappa shape index (κ2) is 6.47. The van der Waals surface area contributed by atoms with Gasteiger partial charge in [-0.05, 0) is 32.9 Å². The fourth-order valence-electron chi connectivity index (χ4n) is 1.51. The Morgan fingerprint density at radius 3 is 2.32 bits per heavy atom. The van der Waals surface area contributed by atoms with Crippen molar-refractivity contribution in [2.75, 3.05) is 20.3 Å². The average Bonchev–Trinajstić information content (AvgIpc) is 2.37. The van der Waals surface area contributed by atoms with Gasteiger partial charge in [0.25, 0.3) is 0 Å². The molecule has 0 heterocycles. The van der Waals surface area contributed by atoms with E-state index in [4.69, 9.17) is 9.47 Å². The Morgan fingerprint density at radius 1 is 1.26 bits per heavy atom. The van der Waals surface area contributed by atoms with Crippen molar-refractivity contribution < 1.29 is 17.9 Å². The summed E-state index contributed by atoms with van der Waals surface area (Å²) in [6, 6.07) is 6.66. The monoisotopic (exact) mass is 287 g/mol. The molecule has 1 N–H and O–H groups in total. The van der Waals surface area contributed by atoms with Crippen LogP contribution in [0.3, 0.4) is 0 Å². The second-order valence-corrected chi connectivity index (χ2v) is 6.18. The van der Waals surface area contributed by atoms with Crippen molar-refractivity contribution in [3.05, 3.63) is 29.8 Å². The van der Waals surface area contributed by atoms with Gasteiger partial charge in [0.05, 0.1) is 11.4 Å². The number of hydrogen-bond donors (Lipinski definition) is 1. The van der Waals surface area contributed by atoms with Crippen LogP contribution < -0.4 is 4.72 Å². The molecule has 0 aliphatic heterocycles. The van der Waals surface area contributed by atoms with Gasteiger partial charge < -0.3 is 9.47 Å². The molecule has 1 aromatic rings. The standard InChI is InChI=1S/C13H21NO4S/c1-5-18-13(3,17-4)10-14-19(15,16)12-8-6-11(2)7-9-12/h6-9,14H,5,10H2,1-4H3. The van der Waals surface area contributed by atoms with Crippen LogP contribution in [0.15, 0.2) is 29.2 Å². The molecule has 108 valence electrons. The van der Waals surface area contributed by atoms with Crippen LogP contribution in [0.2, 0.25) is 0 Å². The number of rotatable bonds is 7. The smallest absolute Gasteiger partial charge is 0.240 e. The predicted octanol–water partition coefficient (Wildman–Crippen LogP) is 1.67. The van der Waals surface area contributed by atoms with Crippen molar-refractivity contribution in [3.8, 4) is 0 Å². The Morgan fingerprint density at radius 2 is 1.84 bits per heavy atom. The summed E-state index contributed by atoms with van der Waals surface area (Å²) in [5.74, 6) is -0.966. The molecule has 1 rings (SSSR count). The predicted molar refractivity (Wildman–Crippen MR) is 73.4 cm³/mol. The van der Waals surface area contributed by atoms with Gasteiger partial charge in [-0.1, -0.05) is 17.7 Å². The van der Waals surface area contributed by atoms with E-state index in [9.17, 15) is 8.42 Å². The SMILES string of the molecule is CCOC(C)(CNS(=O)(=O)c1ccc(C)cc1)OC. The molecule has 0 spiro atoms. The van der Waals surface area contributed by atoms with Crippen LogP contribution in [0.4, 0.5) is 0 Å². The van der Waals surface area contributed by atoms with Crippen molar-refractivity contribution >= 4 is 10.0 Å². The van der Waals surface area contributed by atoms with Crippen molar-refractivity contribution in [2.24, 2.45) is 0 Å². The summed E-state index contributed by atoms with van der Waals surface area (Å²) < 4.78 is 37.2. The van der Waals surface area contributed by atoms with Crippen LogP contribution in [0, 0.1) is 6.92 Å². The minimum Gasteiger partial charge on any atom is -0.352 e. The zero-order valence-corrected chi connectivity index (χ0v) is 12.6. The maximum absolute atomic E-state index is 12.1. The third-order valence-electron chi connectivity index (χ3n) is 2.80. The van der Waals surface area contributed by atoms with Crippen LogP contribution in [0.1, 0.15) is 19.4 Å². The highest BCUT2D eigenvalue weighted by Gasteiger charge is 2.26. The second-order valence-electron chi connectivity index (χ2n) is 4.41. The molecule has 5 nitrogen and oxygen atoms in total. The molecule has 0 saturated carbocycles. The highest BCUT2D eigenvalue weighted by atomic mass is 32.2. The first-order valence-electron chi connectivity index (χ1n) is 6.08. The van der Waals surface area contributed by atoms with E-state index in [2.05, 4.69) is 4.72 Å². The number of methoxy groups -OCH3 is 1. The van der Waals surface area contributed by atoms with Gasteiger partial charge in [0.1, 0.15) is 0 Å². The van der Waals surface area contributed by atoms with Gasteiger partial charge in [0.2, 0.25) is 10.0 Å². The molecular formula is C13H21NO4S. The molecule has 1 aromatic carbocycles. The molecule has 6 heteroatoms. The molecule has 0 radical (unpaired) electrons. The van der Waals surface area contributed by atoms with E-state index >= 15 is 0 Å². The maximum Gasteiger partial charge on any atom is 0.240 e. The third kappa shape index (κ3) is 4.58. The number of sulfonamides is 1. The minimum atomic E-state index is -3.55. The first-order chi connectivity index (χ1) is 8.83.